The van der Waals surface area contributed by atoms with Crippen LogP contribution in [-0.2, 0) is 0 Å². The van der Waals surface area contributed by atoms with Gasteiger partial charge in [0.1, 0.15) is 12.4 Å². The van der Waals surface area contributed by atoms with Gasteiger partial charge in [-0.1, -0.05) is 6.92 Å². The Balaban J connectivity index is 1.88. The molecule has 1 fully saturated rings. The molecule has 6 heteroatoms. The molecule has 2 unspecified atom stereocenters. The molecule has 0 bridgehead atoms. The molecule has 1 aromatic carbocycles. The van der Waals surface area contributed by atoms with Gasteiger partial charge in [0.25, 0.3) is 0 Å². The molecular weight excluding hydrogens is 332 g/mol. The number of benzene rings is 1. The minimum atomic E-state index is 0.0804. The van der Waals surface area contributed by atoms with Crippen LogP contribution >= 0.6 is 0 Å². The Hall–Kier alpha value is -2.47. The Morgan fingerprint density at radius 3 is 2.42 bits per heavy atom. The Morgan fingerprint density at radius 2 is 1.85 bits per heavy atom. The van der Waals surface area contributed by atoms with E-state index in [-0.39, 0.29) is 5.54 Å². The molecule has 3 rings (SSSR count). The first-order chi connectivity index (χ1) is 12.6. The molecule has 1 N–H and O–H groups in total. The van der Waals surface area contributed by atoms with Crippen molar-refractivity contribution < 1.29 is 18.9 Å². The van der Waals surface area contributed by atoms with Gasteiger partial charge in [-0.05, 0) is 37.6 Å². The molecule has 1 saturated carbocycles. The van der Waals surface area contributed by atoms with Crippen molar-refractivity contribution in [3.05, 3.63) is 30.6 Å². The molecular formula is C20H26N2O4. The number of nitrogens with one attached hydrogen (secondary N) is 1. The molecule has 1 aliphatic carbocycles. The van der Waals surface area contributed by atoms with Crippen molar-refractivity contribution >= 4 is 0 Å². The molecule has 0 aliphatic heterocycles. The van der Waals surface area contributed by atoms with Gasteiger partial charge >= 0.3 is 0 Å². The van der Waals surface area contributed by atoms with Crippen LogP contribution in [0.2, 0.25) is 0 Å². The number of methoxy groups -OCH3 is 3. The standard InChI is InChI=1S/C20H26N2O4/c1-13-9-20(13,21-2)12-26-15-8-14(10-22-11-15)16-6-7-17(23-3)19(25-5)18(16)24-4/h6-8,10-11,13,21H,9,12H2,1-5H3. The second kappa shape index (κ2) is 7.41. The number of hydrogen-bond donors (Lipinski definition) is 1. The Kier molecular flexibility index (Phi) is 5.23. The topological polar surface area (TPSA) is 61.8 Å². The van der Waals surface area contributed by atoms with Crippen LogP contribution in [0.4, 0.5) is 0 Å². The summed E-state index contributed by atoms with van der Waals surface area (Å²) in [5, 5.41) is 3.37. The first-order valence-electron chi connectivity index (χ1n) is 8.64. The molecule has 140 valence electrons. The second-order valence-corrected chi connectivity index (χ2v) is 6.59. The summed E-state index contributed by atoms with van der Waals surface area (Å²) in [5.74, 6) is 3.13. The van der Waals surface area contributed by atoms with Crippen LogP contribution in [0.15, 0.2) is 30.6 Å². The second-order valence-electron chi connectivity index (χ2n) is 6.59. The highest BCUT2D eigenvalue weighted by Crippen LogP contribution is 2.45. The molecule has 0 saturated heterocycles. The van der Waals surface area contributed by atoms with Crippen molar-refractivity contribution in [1.82, 2.24) is 10.3 Å². The zero-order valence-electron chi connectivity index (χ0n) is 16.0. The SMILES string of the molecule is CNC1(COc2cncc(-c3ccc(OC)c(OC)c3OC)c2)CC1C. The summed E-state index contributed by atoms with van der Waals surface area (Å²) >= 11 is 0. The van der Waals surface area contributed by atoms with E-state index < -0.39 is 0 Å². The molecule has 1 heterocycles. The fourth-order valence-corrected chi connectivity index (χ4v) is 3.30. The quantitative estimate of drug-likeness (QED) is 0.782. The molecule has 2 atom stereocenters. The van der Waals surface area contributed by atoms with Gasteiger partial charge in [0.15, 0.2) is 11.5 Å². The van der Waals surface area contributed by atoms with E-state index in [4.69, 9.17) is 18.9 Å². The largest absolute Gasteiger partial charge is 0.493 e. The van der Waals surface area contributed by atoms with Crippen molar-refractivity contribution in [3.63, 3.8) is 0 Å². The lowest BCUT2D eigenvalue weighted by molar-refractivity contribution is 0.249. The molecule has 1 aromatic heterocycles. The van der Waals surface area contributed by atoms with Crippen LogP contribution in [0, 0.1) is 5.92 Å². The van der Waals surface area contributed by atoms with Gasteiger partial charge in [-0.25, -0.2) is 0 Å². The van der Waals surface area contributed by atoms with Crippen molar-refractivity contribution in [2.75, 3.05) is 35.0 Å². The number of pyridine rings is 1. The molecule has 26 heavy (non-hydrogen) atoms. The number of rotatable bonds is 8. The summed E-state index contributed by atoms with van der Waals surface area (Å²) in [4.78, 5) is 4.33. The van der Waals surface area contributed by atoms with Gasteiger partial charge in [-0.15, -0.1) is 0 Å². The van der Waals surface area contributed by atoms with E-state index in [0.29, 0.717) is 29.8 Å². The maximum Gasteiger partial charge on any atom is 0.203 e. The van der Waals surface area contributed by atoms with Gasteiger partial charge in [-0.2, -0.15) is 0 Å². The maximum atomic E-state index is 6.01. The van der Waals surface area contributed by atoms with Crippen LogP contribution in [-0.4, -0.2) is 45.5 Å². The van der Waals surface area contributed by atoms with Gasteiger partial charge in [-0.3, -0.25) is 4.98 Å². The molecule has 6 nitrogen and oxygen atoms in total. The summed E-state index contributed by atoms with van der Waals surface area (Å²) in [6, 6.07) is 5.75. The highest BCUT2D eigenvalue weighted by atomic mass is 16.5. The van der Waals surface area contributed by atoms with Crippen molar-refractivity contribution in [2.24, 2.45) is 5.92 Å². The highest BCUT2D eigenvalue weighted by Gasteiger charge is 2.50. The third-order valence-electron chi connectivity index (χ3n) is 5.18. The number of ether oxygens (including phenoxy) is 4. The first kappa shape index (κ1) is 18.3. The highest BCUT2D eigenvalue weighted by molar-refractivity contribution is 5.76. The zero-order valence-corrected chi connectivity index (χ0v) is 16.0. The summed E-state index contributed by atoms with van der Waals surface area (Å²) in [5.41, 5.74) is 1.84. The third-order valence-corrected chi connectivity index (χ3v) is 5.18. The lowest BCUT2D eigenvalue weighted by atomic mass is 10.1. The predicted octanol–water partition coefficient (Wildman–Crippen LogP) is 3.15. The predicted molar refractivity (Wildman–Crippen MR) is 100 cm³/mol. The van der Waals surface area contributed by atoms with E-state index in [9.17, 15) is 0 Å². The zero-order chi connectivity index (χ0) is 18.7. The normalized spacial score (nSPS) is 21.2. The fourth-order valence-electron chi connectivity index (χ4n) is 3.30. The summed E-state index contributed by atoms with van der Waals surface area (Å²) in [6.07, 6.45) is 4.64. The van der Waals surface area contributed by atoms with Crippen molar-refractivity contribution in [2.45, 2.75) is 18.9 Å². The summed E-state index contributed by atoms with van der Waals surface area (Å²) in [7, 11) is 6.79. The minimum Gasteiger partial charge on any atom is -0.493 e. The number of hydrogen-bond acceptors (Lipinski definition) is 6. The van der Waals surface area contributed by atoms with Crippen LogP contribution in [0.5, 0.6) is 23.0 Å². The lowest BCUT2D eigenvalue weighted by Gasteiger charge is -2.18. The maximum absolute atomic E-state index is 6.01. The average Bonchev–Trinajstić information content (AvgIpc) is 3.35. The van der Waals surface area contributed by atoms with Gasteiger partial charge in [0.2, 0.25) is 5.75 Å². The van der Waals surface area contributed by atoms with E-state index in [1.54, 1.807) is 33.7 Å². The first-order valence-corrected chi connectivity index (χ1v) is 8.64. The lowest BCUT2D eigenvalue weighted by Crippen LogP contribution is -2.36. The van der Waals surface area contributed by atoms with Crippen LogP contribution < -0.4 is 24.3 Å². The van der Waals surface area contributed by atoms with E-state index >= 15 is 0 Å². The molecule has 1 aliphatic rings. The number of aromatic nitrogens is 1. The smallest absolute Gasteiger partial charge is 0.203 e. The van der Waals surface area contributed by atoms with Gasteiger partial charge in [0, 0.05) is 17.3 Å². The average molecular weight is 358 g/mol. The van der Waals surface area contributed by atoms with Crippen LogP contribution in [0.1, 0.15) is 13.3 Å². The van der Waals surface area contributed by atoms with Gasteiger partial charge < -0.3 is 24.3 Å². The molecule has 2 aromatic rings. The Morgan fingerprint density at radius 1 is 1.12 bits per heavy atom. The number of likely N-dealkylation sites (N-methyl/N-ethyl adjacent to an activating group) is 1. The Labute approximate surface area is 154 Å². The van der Waals surface area contributed by atoms with E-state index in [1.165, 1.54) is 0 Å². The Bertz CT molecular complexity index is 776. The third kappa shape index (κ3) is 3.29. The molecule has 0 spiro atoms. The van der Waals surface area contributed by atoms with Crippen molar-refractivity contribution in [3.8, 4) is 34.1 Å². The fraction of sp³-hybridized carbons (Fsp3) is 0.450. The van der Waals surface area contributed by atoms with E-state index in [0.717, 1.165) is 23.3 Å². The van der Waals surface area contributed by atoms with E-state index in [1.807, 2.05) is 25.2 Å². The minimum absolute atomic E-state index is 0.0804. The monoisotopic (exact) mass is 358 g/mol. The molecule has 0 radical (unpaired) electrons. The van der Waals surface area contributed by atoms with E-state index in [2.05, 4.69) is 17.2 Å². The summed E-state index contributed by atoms with van der Waals surface area (Å²) < 4.78 is 22.4. The van der Waals surface area contributed by atoms with Crippen LogP contribution in [0.3, 0.4) is 0 Å². The van der Waals surface area contributed by atoms with Gasteiger partial charge in [0.05, 0.1) is 33.1 Å². The molecule has 0 amide bonds. The number of nitrogens with zero attached hydrogens (tertiary/aromatic N) is 1. The van der Waals surface area contributed by atoms with Crippen LogP contribution in [0.25, 0.3) is 11.1 Å². The van der Waals surface area contributed by atoms with Crippen molar-refractivity contribution in [1.29, 1.82) is 0 Å². The summed E-state index contributed by atoms with van der Waals surface area (Å²) in [6.45, 7) is 2.85.